The molecule has 4 nitrogen and oxygen atoms in total. The van der Waals surface area contributed by atoms with E-state index in [4.69, 9.17) is 4.74 Å². The second-order valence-electron chi connectivity index (χ2n) is 5.43. The Labute approximate surface area is 109 Å². The monoisotopic (exact) mass is 251 g/mol. The third-order valence-corrected chi connectivity index (χ3v) is 2.72. The largest absolute Gasteiger partial charge is 0.414 e. The number of aryl methyl sites for hydroxylation is 1. The van der Waals surface area contributed by atoms with Gasteiger partial charge in [-0.3, -0.25) is 4.48 Å². The highest BCUT2D eigenvalue weighted by Gasteiger charge is 2.21. The summed E-state index contributed by atoms with van der Waals surface area (Å²) in [6.45, 7) is 2.11. The second kappa shape index (κ2) is 5.40. The molecule has 0 fully saturated rings. The van der Waals surface area contributed by atoms with E-state index in [2.05, 4.69) is 34.1 Å². The van der Waals surface area contributed by atoms with E-state index < -0.39 is 0 Å². The lowest BCUT2D eigenvalue weighted by Crippen LogP contribution is -2.36. The van der Waals surface area contributed by atoms with Gasteiger partial charge in [-0.2, -0.15) is 0 Å². The zero-order valence-electron chi connectivity index (χ0n) is 12.2. The van der Waals surface area contributed by atoms with Crippen molar-refractivity contribution in [3.05, 3.63) is 23.8 Å². The SMILES string of the molecule is CCc1ccc(OC(=O)N(C)C)c([N+](C)(C)C)c1. The molecule has 0 saturated heterocycles. The van der Waals surface area contributed by atoms with Crippen LogP contribution in [-0.2, 0) is 6.42 Å². The molecule has 0 aliphatic carbocycles. The van der Waals surface area contributed by atoms with Gasteiger partial charge < -0.3 is 9.64 Å². The fraction of sp³-hybridized carbons (Fsp3) is 0.500. The van der Waals surface area contributed by atoms with Gasteiger partial charge in [-0.25, -0.2) is 4.79 Å². The smallest absolute Gasteiger partial charge is 0.404 e. The Morgan fingerprint density at radius 1 is 1.28 bits per heavy atom. The van der Waals surface area contributed by atoms with Gasteiger partial charge in [-0.1, -0.05) is 13.0 Å². The average Bonchev–Trinajstić information content (AvgIpc) is 2.27. The number of hydrogen-bond donors (Lipinski definition) is 0. The molecular weight excluding hydrogens is 228 g/mol. The molecule has 0 aliphatic heterocycles. The fourth-order valence-corrected chi connectivity index (χ4v) is 1.58. The van der Waals surface area contributed by atoms with Crippen LogP contribution in [0.3, 0.4) is 0 Å². The Balaban J connectivity index is 3.15. The van der Waals surface area contributed by atoms with Crippen LogP contribution in [0.5, 0.6) is 5.75 Å². The number of quaternary nitrogens is 1. The minimum Gasteiger partial charge on any atom is -0.404 e. The van der Waals surface area contributed by atoms with Crippen LogP contribution < -0.4 is 9.22 Å². The molecule has 0 aliphatic rings. The minimum atomic E-state index is -0.353. The first-order valence-corrected chi connectivity index (χ1v) is 6.09. The number of hydrogen-bond acceptors (Lipinski definition) is 2. The number of nitrogens with zero attached hydrogens (tertiary/aromatic N) is 2. The van der Waals surface area contributed by atoms with E-state index in [9.17, 15) is 4.79 Å². The Kier molecular flexibility index (Phi) is 4.35. The molecule has 18 heavy (non-hydrogen) atoms. The van der Waals surface area contributed by atoms with Gasteiger partial charge in [0.1, 0.15) is 0 Å². The summed E-state index contributed by atoms with van der Waals surface area (Å²) in [5.74, 6) is 0.624. The highest BCUT2D eigenvalue weighted by molar-refractivity contribution is 5.73. The summed E-state index contributed by atoms with van der Waals surface area (Å²) >= 11 is 0. The Morgan fingerprint density at radius 3 is 2.33 bits per heavy atom. The van der Waals surface area contributed by atoms with Crippen LogP contribution >= 0.6 is 0 Å². The molecule has 0 saturated carbocycles. The molecule has 0 N–H and O–H groups in total. The van der Waals surface area contributed by atoms with Crippen molar-refractivity contribution in [1.29, 1.82) is 0 Å². The molecule has 0 spiro atoms. The van der Waals surface area contributed by atoms with Gasteiger partial charge >= 0.3 is 6.09 Å². The van der Waals surface area contributed by atoms with E-state index >= 15 is 0 Å². The summed E-state index contributed by atoms with van der Waals surface area (Å²) in [7, 11) is 9.52. The zero-order chi connectivity index (χ0) is 13.9. The van der Waals surface area contributed by atoms with Gasteiger partial charge in [-0.05, 0) is 18.1 Å². The molecule has 0 atom stereocenters. The first kappa shape index (κ1) is 14.5. The first-order valence-electron chi connectivity index (χ1n) is 6.09. The average molecular weight is 251 g/mol. The maximum Gasteiger partial charge on any atom is 0.414 e. The first-order chi connectivity index (χ1) is 8.25. The van der Waals surface area contributed by atoms with Gasteiger partial charge in [-0.15, -0.1) is 0 Å². The van der Waals surface area contributed by atoms with Crippen molar-refractivity contribution in [3.8, 4) is 5.75 Å². The molecule has 1 aromatic carbocycles. The lowest BCUT2D eigenvalue weighted by atomic mass is 10.1. The number of ether oxygens (including phenoxy) is 1. The van der Waals surface area contributed by atoms with Crippen molar-refractivity contribution in [2.24, 2.45) is 0 Å². The van der Waals surface area contributed by atoms with Gasteiger partial charge in [0.25, 0.3) is 0 Å². The van der Waals surface area contributed by atoms with Gasteiger partial charge in [0, 0.05) is 20.2 Å². The van der Waals surface area contributed by atoms with Crippen LogP contribution in [0.2, 0.25) is 0 Å². The highest BCUT2D eigenvalue weighted by Crippen LogP contribution is 2.31. The molecular formula is C14H23N2O2+. The van der Waals surface area contributed by atoms with Crippen molar-refractivity contribution < 1.29 is 9.53 Å². The van der Waals surface area contributed by atoms with Gasteiger partial charge in [0.15, 0.2) is 11.4 Å². The van der Waals surface area contributed by atoms with E-state index in [1.807, 2.05) is 12.1 Å². The summed E-state index contributed by atoms with van der Waals surface area (Å²) in [4.78, 5) is 13.1. The van der Waals surface area contributed by atoms with Crippen molar-refractivity contribution in [2.75, 3.05) is 35.2 Å². The van der Waals surface area contributed by atoms with E-state index in [1.165, 1.54) is 10.5 Å². The number of rotatable bonds is 3. The van der Waals surface area contributed by atoms with E-state index in [1.54, 1.807) is 14.1 Å². The molecule has 0 bridgehead atoms. The van der Waals surface area contributed by atoms with Gasteiger partial charge in [0.2, 0.25) is 0 Å². The summed E-state index contributed by atoms with van der Waals surface area (Å²) < 4.78 is 6.02. The third kappa shape index (κ3) is 3.47. The van der Waals surface area contributed by atoms with E-state index in [-0.39, 0.29) is 6.09 Å². The van der Waals surface area contributed by atoms with Crippen molar-refractivity contribution in [1.82, 2.24) is 9.38 Å². The molecule has 1 amide bonds. The molecule has 4 heteroatoms. The topological polar surface area (TPSA) is 29.5 Å². The van der Waals surface area contributed by atoms with Crippen molar-refractivity contribution in [2.45, 2.75) is 13.3 Å². The lowest BCUT2D eigenvalue weighted by molar-refractivity contribution is 0.171. The molecule has 0 unspecified atom stereocenters. The standard InChI is InChI=1S/C14H23N2O2/c1-7-11-8-9-13(18-14(17)15(2)3)12(10-11)16(4,5)6/h8-10H,7H2,1-6H3/q+1. The maximum absolute atomic E-state index is 11.6. The van der Waals surface area contributed by atoms with Crippen molar-refractivity contribution in [3.63, 3.8) is 0 Å². The highest BCUT2D eigenvalue weighted by atomic mass is 16.6. The lowest BCUT2D eigenvalue weighted by Gasteiger charge is -2.26. The molecule has 0 aromatic heterocycles. The fourth-order valence-electron chi connectivity index (χ4n) is 1.58. The molecule has 0 radical (unpaired) electrons. The third-order valence-electron chi connectivity index (χ3n) is 2.72. The second-order valence-corrected chi connectivity index (χ2v) is 5.43. The van der Waals surface area contributed by atoms with E-state index in [0.717, 1.165) is 12.1 Å². The zero-order valence-corrected chi connectivity index (χ0v) is 12.2. The number of benzene rings is 1. The predicted molar refractivity (Wildman–Crippen MR) is 75.1 cm³/mol. The van der Waals surface area contributed by atoms with Crippen LogP contribution in [0.1, 0.15) is 12.5 Å². The van der Waals surface area contributed by atoms with Crippen LogP contribution in [0.25, 0.3) is 0 Å². The van der Waals surface area contributed by atoms with Crippen molar-refractivity contribution >= 4 is 11.8 Å². The predicted octanol–water partition coefficient (Wildman–Crippen LogP) is 2.51. The number of carbonyl (C=O) groups is 1. The molecule has 100 valence electrons. The summed E-state index contributed by atoms with van der Waals surface area (Å²) in [6, 6.07) is 5.97. The number of amides is 1. The maximum atomic E-state index is 11.6. The summed E-state index contributed by atoms with van der Waals surface area (Å²) in [5.41, 5.74) is 2.24. The van der Waals surface area contributed by atoms with E-state index in [0.29, 0.717) is 10.2 Å². The Morgan fingerprint density at radius 2 is 1.89 bits per heavy atom. The number of carbonyl (C=O) groups excluding carboxylic acids is 1. The van der Waals surface area contributed by atoms with Crippen LogP contribution in [0.15, 0.2) is 18.2 Å². The summed E-state index contributed by atoms with van der Waals surface area (Å²) in [5, 5.41) is 0. The summed E-state index contributed by atoms with van der Waals surface area (Å²) in [6.07, 6.45) is 0.614. The normalized spacial score (nSPS) is 11.2. The Hall–Kier alpha value is -1.55. The van der Waals surface area contributed by atoms with Crippen LogP contribution in [0.4, 0.5) is 10.5 Å². The quantitative estimate of drug-likeness (QED) is 0.772. The van der Waals surface area contributed by atoms with Crippen LogP contribution in [0, 0.1) is 0 Å². The van der Waals surface area contributed by atoms with Crippen LogP contribution in [-0.4, -0.2) is 46.2 Å². The molecule has 0 heterocycles. The minimum absolute atomic E-state index is 0.353. The van der Waals surface area contributed by atoms with Gasteiger partial charge in [0.05, 0.1) is 21.1 Å². The molecule has 1 aromatic rings. The molecule has 1 rings (SSSR count). The Bertz CT molecular complexity index is 434.